The van der Waals surface area contributed by atoms with Gasteiger partial charge in [0.05, 0.1) is 0 Å². The van der Waals surface area contributed by atoms with Gasteiger partial charge in [0, 0.05) is 0 Å². The maximum absolute atomic E-state index is 2.32. The van der Waals surface area contributed by atoms with Crippen molar-refractivity contribution in [2.75, 3.05) is 0 Å². The van der Waals surface area contributed by atoms with Crippen LogP contribution >= 0.6 is 0 Å². The molecule has 0 N–H and O–H groups in total. The largest absolute Gasteiger partial charge is 0.0625 e. The summed E-state index contributed by atoms with van der Waals surface area (Å²) >= 11 is 0. The zero-order valence-electron chi connectivity index (χ0n) is 15.0. The van der Waals surface area contributed by atoms with Crippen LogP contribution in [0.3, 0.4) is 0 Å². The van der Waals surface area contributed by atoms with Crippen molar-refractivity contribution in [3.63, 3.8) is 0 Å². The van der Waals surface area contributed by atoms with Gasteiger partial charge in [0.2, 0.25) is 0 Å². The maximum Gasteiger partial charge on any atom is -0.0391 e. The predicted octanol–water partition coefficient (Wildman–Crippen LogP) is 6.79. The van der Waals surface area contributed by atoms with E-state index in [1.807, 2.05) is 0 Å². The topological polar surface area (TPSA) is 0 Å². The van der Waals surface area contributed by atoms with E-state index in [2.05, 4.69) is 55.4 Å². The van der Waals surface area contributed by atoms with Crippen LogP contribution in [0.15, 0.2) is 0 Å². The summed E-state index contributed by atoms with van der Waals surface area (Å²) < 4.78 is 0. The van der Waals surface area contributed by atoms with E-state index in [1.54, 1.807) is 0 Å². The van der Waals surface area contributed by atoms with Crippen LogP contribution in [0.25, 0.3) is 0 Å². The van der Waals surface area contributed by atoms with Crippen molar-refractivity contribution in [2.45, 2.75) is 87.5 Å². The molecular formula is C19H40. The fourth-order valence-corrected chi connectivity index (χ4v) is 1.87. The Bertz CT molecular complexity index is 178. The third-order valence-electron chi connectivity index (χ3n) is 4.99. The van der Waals surface area contributed by atoms with E-state index in [9.17, 15) is 0 Å². The lowest BCUT2D eigenvalue weighted by Gasteiger charge is -2.28. The molecule has 0 amide bonds. The Hall–Kier alpha value is 0. The molecule has 0 nitrogen and oxygen atoms in total. The van der Waals surface area contributed by atoms with Crippen molar-refractivity contribution in [2.24, 2.45) is 35.5 Å². The Morgan fingerprint density at radius 2 is 0.842 bits per heavy atom. The molecule has 2 saturated carbocycles. The molecule has 0 aromatic carbocycles. The summed E-state index contributed by atoms with van der Waals surface area (Å²) in [7, 11) is 0. The Morgan fingerprint density at radius 3 is 0.842 bits per heavy atom. The minimum absolute atomic E-state index is 0.852. The van der Waals surface area contributed by atoms with Gasteiger partial charge in [-0.05, 0) is 48.3 Å². The van der Waals surface area contributed by atoms with Crippen LogP contribution in [0.1, 0.15) is 87.5 Å². The molecule has 116 valence electrons. The molecule has 0 heterocycles. The molecular weight excluding hydrogens is 228 g/mol. The predicted molar refractivity (Wildman–Crippen MR) is 89.4 cm³/mol. The second-order valence-corrected chi connectivity index (χ2v) is 8.00. The molecule has 0 aliphatic heterocycles. The highest BCUT2D eigenvalue weighted by atomic mass is 14.3. The second kappa shape index (κ2) is 9.83. The van der Waals surface area contributed by atoms with Crippen molar-refractivity contribution in [1.82, 2.24) is 0 Å². The van der Waals surface area contributed by atoms with E-state index < -0.39 is 0 Å². The Morgan fingerprint density at radius 1 is 0.526 bits per heavy atom. The SMILES string of the molecule is CC(C)C(C)C.CC(C)C1CC1.CC(C)C1CCC1. The first-order chi connectivity index (χ1) is 8.75. The van der Waals surface area contributed by atoms with Crippen molar-refractivity contribution in [3.8, 4) is 0 Å². The van der Waals surface area contributed by atoms with Crippen LogP contribution in [-0.2, 0) is 0 Å². The average molecular weight is 269 g/mol. The summed E-state index contributed by atoms with van der Waals surface area (Å²) in [6.07, 6.45) is 7.48. The molecule has 19 heavy (non-hydrogen) atoms. The van der Waals surface area contributed by atoms with Gasteiger partial charge in [0.1, 0.15) is 0 Å². The fourth-order valence-electron chi connectivity index (χ4n) is 1.87. The molecule has 0 aromatic rings. The van der Waals surface area contributed by atoms with Gasteiger partial charge < -0.3 is 0 Å². The van der Waals surface area contributed by atoms with E-state index in [4.69, 9.17) is 0 Å². The van der Waals surface area contributed by atoms with Gasteiger partial charge >= 0.3 is 0 Å². The van der Waals surface area contributed by atoms with Crippen LogP contribution in [0, 0.1) is 35.5 Å². The number of hydrogen-bond acceptors (Lipinski definition) is 0. The van der Waals surface area contributed by atoms with Crippen molar-refractivity contribution >= 4 is 0 Å². The number of rotatable bonds is 3. The van der Waals surface area contributed by atoms with E-state index in [0.717, 1.165) is 35.5 Å². The van der Waals surface area contributed by atoms with Gasteiger partial charge in [-0.3, -0.25) is 0 Å². The molecule has 0 heteroatoms. The molecule has 0 aromatic heterocycles. The summed E-state index contributed by atoms with van der Waals surface area (Å²) in [5.41, 5.74) is 0. The van der Waals surface area contributed by atoms with Gasteiger partial charge in [-0.1, -0.05) is 74.7 Å². The lowest BCUT2D eigenvalue weighted by molar-refractivity contribution is 0.235. The third-order valence-corrected chi connectivity index (χ3v) is 4.99. The van der Waals surface area contributed by atoms with Crippen molar-refractivity contribution < 1.29 is 0 Å². The van der Waals surface area contributed by atoms with Crippen LogP contribution in [0.4, 0.5) is 0 Å². The van der Waals surface area contributed by atoms with E-state index in [-0.39, 0.29) is 0 Å². The van der Waals surface area contributed by atoms with Crippen molar-refractivity contribution in [1.29, 1.82) is 0 Å². The van der Waals surface area contributed by atoms with E-state index in [0.29, 0.717) is 0 Å². The van der Waals surface area contributed by atoms with E-state index in [1.165, 1.54) is 32.1 Å². The molecule has 0 spiro atoms. The molecule has 0 atom stereocenters. The summed E-state index contributed by atoms with van der Waals surface area (Å²) in [5.74, 6) is 5.80. The van der Waals surface area contributed by atoms with Gasteiger partial charge in [0.25, 0.3) is 0 Å². The fraction of sp³-hybridized carbons (Fsp3) is 1.00. The molecule has 2 aliphatic rings. The minimum atomic E-state index is 0.852. The first kappa shape index (κ1) is 19.0. The van der Waals surface area contributed by atoms with Crippen molar-refractivity contribution in [3.05, 3.63) is 0 Å². The first-order valence-corrected chi connectivity index (χ1v) is 8.75. The monoisotopic (exact) mass is 268 g/mol. The molecule has 0 saturated heterocycles. The zero-order valence-corrected chi connectivity index (χ0v) is 15.0. The van der Waals surface area contributed by atoms with Crippen LogP contribution in [-0.4, -0.2) is 0 Å². The van der Waals surface area contributed by atoms with Gasteiger partial charge in [0.15, 0.2) is 0 Å². The summed E-state index contributed by atoms with van der Waals surface area (Å²) in [6, 6.07) is 0. The van der Waals surface area contributed by atoms with Gasteiger partial charge in [-0.2, -0.15) is 0 Å². The molecule has 2 aliphatic carbocycles. The van der Waals surface area contributed by atoms with E-state index >= 15 is 0 Å². The maximum atomic E-state index is 2.32. The Labute approximate surface area is 123 Å². The van der Waals surface area contributed by atoms with Gasteiger partial charge in [-0.25, -0.2) is 0 Å². The number of hydrogen-bond donors (Lipinski definition) is 0. The highest BCUT2D eigenvalue weighted by Crippen LogP contribution is 2.35. The van der Waals surface area contributed by atoms with Crippen LogP contribution in [0.2, 0.25) is 0 Å². The molecule has 0 radical (unpaired) electrons. The van der Waals surface area contributed by atoms with Crippen LogP contribution in [0.5, 0.6) is 0 Å². The Kier molecular flexibility index (Phi) is 9.83. The molecule has 2 fully saturated rings. The summed E-state index contributed by atoms with van der Waals surface area (Å²) in [5, 5.41) is 0. The quantitative estimate of drug-likeness (QED) is 0.528. The lowest BCUT2D eigenvalue weighted by Crippen LogP contribution is -2.16. The smallest absolute Gasteiger partial charge is 0.0391 e. The highest BCUT2D eigenvalue weighted by Gasteiger charge is 2.24. The normalized spacial score (nSPS) is 18.9. The first-order valence-electron chi connectivity index (χ1n) is 8.75. The minimum Gasteiger partial charge on any atom is -0.0625 e. The highest BCUT2D eigenvalue weighted by molar-refractivity contribution is 4.75. The zero-order chi connectivity index (χ0) is 15.0. The standard InChI is InChI=1S/C7H14.C6H12.C6H14/c1-6(2)7-4-3-5-7;1-5(2)6-3-4-6;1-5(2)6(3)4/h6-7H,3-5H2,1-2H3;5-6H,3-4H2,1-2H3;5-6H,1-4H3. The van der Waals surface area contributed by atoms with Gasteiger partial charge in [-0.15, -0.1) is 0 Å². The molecule has 0 bridgehead atoms. The second-order valence-electron chi connectivity index (χ2n) is 8.00. The lowest BCUT2D eigenvalue weighted by atomic mass is 9.78. The summed E-state index contributed by atoms with van der Waals surface area (Å²) in [6.45, 7) is 18.2. The molecule has 2 rings (SSSR count). The van der Waals surface area contributed by atoms with Crippen LogP contribution < -0.4 is 0 Å². The summed E-state index contributed by atoms with van der Waals surface area (Å²) in [4.78, 5) is 0. The Balaban J connectivity index is 0.000000257. The third kappa shape index (κ3) is 10.4. The average Bonchev–Trinajstić information content (AvgIpc) is 2.97. The molecule has 0 unspecified atom stereocenters.